The van der Waals surface area contributed by atoms with E-state index in [1.807, 2.05) is 29.8 Å². The highest BCUT2D eigenvalue weighted by Crippen LogP contribution is 1.91. The van der Waals surface area contributed by atoms with Crippen molar-refractivity contribution in [1.29, 1.82) is 0 Å². The van der Waals surface area contributed by atoms with Gasteiger partial charge in [0.15, 0.2) is 0 Å². The first kappa shape index (κ1) is 12.1. The third kappa shape index (κ3) is 11.8. The minimum atomic E-state index is 0. The normalized spacial score (nSPS) is 6.44. The highest BCUT2D eigenvalue weighted by atomic mass is 127. The smallest absolute Gasteiger partial charge is 0.00934 e. The third-order valence-corrected chi connectivity index (χ3v) is 1.05. The Hall–Kier alpha value is 0.390. The predicted octanol–water partition coefficient (Wildman–Crippen LogP) is 2.33. The molecular weight excluding hydrogens is 245 g/mol. The van der Waals surface area contributed by atoms with Crippen LogP contribution in [0.2, 0.25) is 0 Å². The van der Waals surface area contributed by atoms with Gasteiger partial charge in [-0.2, -0.15) is 11.3 Å². The van der Waals surface area contributed by atoms with Crippen LogP contribution in [0.1, 0.15) is 6.92 Å². The Morgan fingerprint density at radius 3 is 1.78 bits per heavy atom. The lowest BCUT2D eigenvalue weighted by molar-refractivity contribution is 1.14. The first-order valence-corrected chi connectivity index (χ1v) is 3.53. The van der Waals surface area contributed by atoms with Gasteiger partial charge in [-0.15, -0.1) is 24.0 Å². The number of rotatable bonds is 0. The standard InChI is InChI=1S/C4H4S.C2H7N.HI/c1-2-4-5-3-1;1-2-3;/h1-4H;2-3H2,1H3;1H. The summed E-state index contributed by atoms with van der Waals surface area (Å²) in [4.78, 5) is 0. The number of thiophene rings is 1. The van der Waals surface area contributed by atoms with Gasteiger partial charge in [0, 0.05) is 0 Å². The van der Waals surface area contributed by atoms with Gasteiger partial charge in [0.1, 0.15) is 0 Å². The van der Waals surface area contributed by atoms with E-state index in [0.717, 1.165) is 6.54 Å². The molecule has 1 nitrogen and oxygen atoms in total. The second-order valence-corrected chi connectivity index (χ2v) is 2.02. The minimum Gasteiger partial charge on any atom is -0.331 e. The molecule has 2 N–H and O–H groups in total. The lowest BCUT2D eigenvalue weighted by atomic mass is 10.7. The summed E-state index contributed by atoms with van der Waals surface area (Å²) in [5.41, 5.74) is 4.85. The molecule has 0 bridgehead atoms. The van der Waals surface area contributed by atoms with Crippen molar-refractivity contribution in [2.45, 2.75) is 6.92 Å². The molecule has 9 heavy (non-hydrogen) atoms. The van der Waals surface area contributed by atoms with E-state index in [4.69, 9.17) is 5.73 Å². The molecule has 1 rings (SSSR count). The molecule has 0 saturated heterocycles. The average molecular weight is 257 g/mol. The minimum absolute atomic E-state index is 0. The summed E-state index contributed by atoms with van der Waals surface area (Å²) in [7, 11) is 0. The van der Waals surface area contributed by atoms with Gasteiger partial charge in [-0.05, 0) is 17.3 Å². The molecule has 0 spiro atoms. The second kappa shape index (κ2) is 11.2. The van der Waals surface area contributed by atoms with Gasteiger partial charge in [0.05, 0.1) is 0 Å². The first-order valence-electron chi connectivity index (χ1n) is 2.59. The van der Waals surface area contributed by atoms with Crippen LogP contribution in [-0.2, 0) is 0 Å². The Balaban J connectivity index is 0. The Morgan fingerprint density at radius 1 is 1.33 bits per heavy atom. The lowest BCUT2D eigenvalue weighted by Gasteiger charge is -1.53. The number of hydrogen-bond acceptors (Lipinski definition) is 2. The Kier molecular flexibility index (Phi) is 15.1. The molecule has 0 aliphatic heterocycles. The second-order valence-electron chi connectivity index (χ2n) is 1.20. The van der Waals surface area contributed by atoms with Gasteiger partial charge in [-0.25, -0.2) is 0 Å². The van der Waals surface area contributed by atoms with Crippen LogP contribution < -0.4 is 5.73 Å². The van der Waals surface area contributed by atoms with E-state index in [1.54, 1.807) is 11.3 Å². The Labute approximate surface area is 77.3 Å². The van der Waals surface area contributed by atoms with Crippen molar-refractivity contribution in [3.63, 3.8) is 0 Å². The zero-order valence-corrected chi connectivity index (χ0v) is 8.56. The predicted molar refractivity (Wildman–Crippen MR) is 54.5 cm³/mol. The summed E-state index contributed by atoms with van der Waals surface area (Å²) >= 11 is 1.71. The monoisotopic (exact) mass is 257 g/mol. The summed E-state index contributed by atoms with van der Waals surface area (Å²) in [5, 5.41) is 4.08. The lowest BCUT2D eigenvalue weighted by Crippen LogP contribution is -1.87. The van der Waals surface area contributed by atoms with Gasteiger partial charge in [-0.3, -0.25) is 0 Å². The summed E-state index contributed by atoms with van der Waals surface area (Å²) < 4.78 is 0. The zero-order chi connectivity index (χ0) is 6.24. The number of nitrogens with two attached hydrogens (primary N) is 1. The van der Waals surface area contributed by atoms with Crippen molar-refractivity contribution in [3.05, 3.63) is 22.9 Å². The molecule has 1 aromatic rings. The number of hydrogen-bond donors (Lipinski definition) is 1. The number of halogens is 1. The van der Waals surface area contributed by atoms with E-state index in [9.17, 15) is 0 Å². The Morgan fingerprint density at radius 2 is 1.67 bits per heavy atom. The van der Waals surface area contributed by atoms with Crippen LogP contribution in [0.15, 0.2) is 22.9 Å². The van der Waals surface area contributed by atoms with Gasteiger partial charge in [0.25, 0.3) is 0 Å². The molecule has 54 valence electrons. The van der Waals surface area contributed by atoms with Gasteiger partial charge in [0.2, 0.25) is 0 Å². The molecule has 0 saturated carbocycles. The fraction of sp³-hybridized carbons (Fsp3) is 0.333. The van der Waals surface area contributed by atoms with Gasteiger partial charge < -0.3 is 5.73 Å². The van der Waals surface area contributed by atoms with E-state index >= 15 is 0 Å². The quantitative estimate of drug-likeness (QED) is 0.709. The average Bonchev–Trinajstić information content (AvgIpc) is 2.17. The van der Waals surface area contributed by atoms with Crippen LogP contribution >= 0.6 is 35.3 Å². The summed E-state index contributed by atoms with van der Waals surface area (Å²) in [6, 6.07) is 4.04. The fourth-order valence-electron chi connectivity index (χ4n) is 0.227. The third-order valence-electron chi connectivity index (χ3n) is 0.425. The van der Waals surface area contributed by atoms with Gasteiger partial charge >= 0.3 is 0 Å². The van der Waals surface area contributed by atoms with Crippen LogP contribution in [0.25, 0.3) is 0 Å². The highest BCUT2D eigenvalue weighted by Gasteiger charge is 1.58. The largest absolute Gasteiger partial charge is 0.331 e. The van der Waals surface area contributed by atoms with Crippen LogP contribution in [0.3, 0.4) is 0 Å². The van der Waals surface area contributed by atoms with E-state index in [-0.39, 0.29) is 24.0 Å². The zero-order valence-electron chi connectivity index (χ0n) is 5.41. The van der Waals surface area contributed by atoms with Crippen molar-refractivity contribution >= 4 is 35.3 Å². The topological polar surface area (TPSA) is 26.0 Å². The van der Waals surface area contributed by atoms with Gasteiger partial charge in [-0.1, -0.05) is 19.1 Å². The van der Waals surface area contributed by atoms with Crippen LogP contribution in [-0.4, -0.2) is 6.54 Å². The van der Waals surface area contributed by atoms with Crippen molar-refractivity contribution < 1.29 is 0 Å². The summed E-state index contributed by atoms with van der Waals surface area (Å²) in [6.07, 6.45) is 0. The maximum absolute atomic E-state index is 4.85. The van der Waals surface area contributed by atoms with E-state index < -0.39 is 0 Å². The van der Waals surface area contributed by atoms with Crippen molar-refractivity contribution in [2.75, 3.05) is 6.54 Å². The molecule has 0 aromatic carbocycles. The molecule has 3 heteroatoms. The van der Waals surface area contributed by atoms with E-state index in [0.29, 0.717) is 0 Å². The summed E-state index contributed by atoms with van der Waals surface area (Å²) in [6.45, 7) is 2.65. The molecule has 0 radical (unpaired) electrons. The molecule has 0 unspecified atom stereocenters. The highest BCUT2D eigenvalue weighted by molar-refractivity contribution is 14.0. The van der Waals surface area contributed by atoms with E-state index in [1.165, 1.54) is 0 Å². The van der Waals surface area contributed by atoms with Crippen molar-refractivity contribution in [1.82, 2.24) is 0 Å². The van der Waals surface area contributed by atoms with Crippen molar-refractivity contribution in [2.24, 2.45) is 5.73 Å². The van der Waals surface area contributed by atoms with Crippen molar-refractivity contribution in [3.8, 4) is 0 Å². The summed E-state index contributed by atoms with van der Waals surface area (Å²) in [5.74, 6) is 0. The van der Waals surface area contributed by atoms with E-state index in [2.05, 4.69) is 0 Å². The maximum Gasteiger partial charge on any atom is -0.00934 e. The molecule has 1 aromatic heterocycles. The first-order chi connectivity index (χ1) is 3.91. The molecule has 0 atom stereocenters. The van der Waals surface area contributed by atoms with Crippen LogP contribution in [0, 0.1) is 0 Å². The molecule has 1 heterocycles. The van der Waals surface area contributed by atoms with Crippen LogP contribution in [0.4, 0.5) is 0 Å². The molecule has 0 aliphatic rings. The molecule has 0 amide bonds. The molecular formula is C6H12INS. The van der Waals surface area contributed by atoms with Crippen LogP contribution in [0.5, 0.6) is 0 Å². The maximum atomic E-state index is 4.85. The molecule has 0 aliphatic carbocycles. The fourth-order valence-corrected chi connectivity index (χ4v) is 0.680. The Bertz CT molecular complexity index is 80.0. The SMILES string of the molecule is CCN.I.c1ccsc1. The molecule has 0 fully saturated rings.